The molecule has 0 aliphatic carbocycles. The van der Waals surface area contributed by atoms with E-state index in [1.54, 1.807) is 13.0 Å². The molecule has 1 heterocycles. The summed E-state index contributed by atoms with van der Waals surface area (Å²) in [5.41, 5.74) is 0.836. The van der Waals surface area contributed by atoms with Crippen molar-refractivity contribution < 1.29 is 9.53 Å². The molecule has 1 aromatic rings. The number of rotatable bonds is 3. The highest BCUT2D eigenvalue weighted by molar-refractivity contribution is 6.42. The minimum atomic E-state index is -0.194. The first-order valence-electron chi connectivity index (χ1n) is 5.06. The van der Waals surface area contributed by atoms with Crippen LogP contribution in [0.15, 0.2) is 18.2 Å². The van der Waals surface area contributed by atoms with Gasteiger partial charge in [-0.2, -0.15) is 0 Å². The van der Waals surface area contributed by atoms with E-state index in [1.807, 2.05) is 12.1 Å². The van der Waals surface area contributed by atoms with E-state index in [-0.39, 0.29) is 11.2 Å². The number of benzene rings is 1. The molecule has 2 nitrogen and oxygen atoms in total. The minimum Gasteiger partial charge on any atom is -0.379 e. The molecule has 1 fully saturated rings. The van der Waals surface area contributed by atoms with Crippen molar-refractivity contribution in [3.8, 4) is 0 Å². The Balaban J connectivity index is 2.33. The Hall–Kier alpha value is -0.570. The number of hydrogen-bond acceptors (Lipinski definition) is 2. The third kappa shape index (κ3) is 2.10. The molecule has 1 aromatic carbocycles. The van der Waals surface area contributed by atoms with E-state index >= 15 is 0 Å². The highest BCUT2D eigenvalue weighted by atomic mass is 35.5. The maximum Gasteiger partial charge on any atom is 0.130 e. The molecular weight excluding hydrogens is 247 g/mol. The highest BCUT2D eigenvalue weighted by Gasteiger charge is 2.41. The molecule has 0 spiro atoms. The highest BCUT2D eigenvalue weighted by Crippen LogP contribution is 2.38. The Morgan fingerprint density at radius 2 is 2.06 bits per heavy atom. The molecule has 0 aromatic heterocycles. The molecule has 0 N–H and O–H groups in total. The summed E-state index contributed by atoms with van der Waals surface area (Å²) < 4.78 is 5.24. The number of carbonyl (C=O) groups excluding carboxylic acids is 1. The molecule has 2 rings (SSSR count). The van der Waals surface area contributed by atoms with E-state index in [9.17, 15) is 4.79 Å². The quantitative estimate of drug-likeness (QED) is 0.832. The van der Waals surface area contributed by atoms with Gasteiger partial charge in [0.1, 0.15) is 5.78 Å². The lowest BCUT2D eigenvalue weighted by Crippen LogP contribution is -2.47. The fraction of sp³-hybridized carbons (Fsp3) is 0.417. The first kappa shape index (κ1) is 11.9. The van der Waals surface area contributed by atoms with Gasteiger partial charge < -0.3 is 4.74 Å². The molecule has 1 saturated heterocycles. The standard InChI is InChI=1S/C12H12Cl2O2/c1-8(15)5-12(6-16-7-12)9-2-3-10(13)11(14)4-9/h2-4H,5-7H2,1H3. The van der Waals surface area contributed by atoms with Crippen LogP contribution in [0.1, 0.15) is 18.9 Å². The van der Waals surface area contributed by atoms with E-state index in [0.717, 1.165) is 5.56 Å². The summed E-state index contributed by atoms with van der Waals surface area (Å²) in [6.45, 7) is 2.74. The van der Waals surface area contributed by atoms with E-state index in [4.69, 9.17) is 27.9 Å². The second kappa shape index (κ2) is 4.36. The zero-order chi connectivity index (χ0) is 11.8. The Morgan fingerprint density at radius 1 is 1.38 bits per heavy atom. The van der Waals surface area contributed by atoms with Crippen LogP contribution in [0.4, 0.5) is 0 Å². The summed E-state index contributed by atoms with van der Waals surface area (Å²) in [7, 11) is 0. The summed E-state index contributed by atoms with van der Waals surface area (Å²) in [5, 5.41) is 1.05. The second-order valence-electron chi connectivity index (χ2n) is 4.28. The summed E-state index contributed by atoms with van der Waals surface area (Å²) in [5.74, 6) is 0.161. The van der Waals surface area contributed by atoms with Gasteiger partial charge in [0.05, 0.1) is 23.3 Å². The summed E-state index contributed by atoms with van der Waals surface area (Å²) in [6.07, 6.45) is 0.491. The topological polar surface area (TPSA) is 26.3 Å². The van der Waals surface area contributed by atoms with Gasteiger partial charge in [-0.1, -0.05) is 29.3 Å². The maximum absolute atomic E-state index is 11.3. The van der Waals surface area contributed by atoms with Crippen LogP contribution in [-0.2, 0) is 14.9 Å². The van der Waals surface area contributed by atoms with Gasteiger partial charge in [-0.15, -0.1) is 0 Å². The van der Waals surface area contributed by atoms with E-state index in [0.29, 0.717) is 29.7 Å². The van der Waals surface area contributed by atoms with Crippen molar-refractivity contribution in [1.82, 2.24) is 0 Å². The zero-order valence-corrected chi connectivity index (χ0v) is 10.4. The summed E-state index contributed by atoms with van der Waals surface area (Å²) in [6, 6.07) is 5.51. The van der Waals surface area contributed by atoms with Crippen molar-refractivity contribution in [3.63, 3.8) is 0 Å². The molecule has 0 bridgehead atoms. The van der Waals surface area contributed by atoms with Crippen LogP contribution >= 0.6 is 23.2 Å². The Kier molecular flexibility index (Phi) is 3.24. The predicted molar refractivity (Wildman–Crippen MR) is 64.3 cm³/mol. The summed E-state index contributed by atoms with van der Waals surface area (Å²) in [4.78, 5) is 11.3. The predicted octanol–water partition coefficient (Wildman–Crippen LogP) is 3.24. The van der Waals surface area contributed by atoms with Crippen molar-refractivity contribution in [2.24, 2.45) is 0 Å². The third-order valence-electron chi connectivity index (χ3n) is 2.88. The van der Waals surface area contributed by atoms with Crippen LogP contribution in [0.5, 0.6) is 0 Å². The number of Topliss-reactive ketones (excluding diaryl/α,β-unsaturated/α-hetero) is 1. The van der Waals surface area contributed by atoms with Gasteiger partial charge in [-0.05, 0) is 24.6 Å². The normalized spacial score (nSPS) is 17.9. The molecule has 0 atom stereocenters. The van der Waals surface area contributed by atoms with Gasteiger partial charge in [-0.25, -0.2) is 0 Å². The lowest BCUT2D eigenvalue weighted by atomic mass is 9.75. The van der Waals surface area contributed by atoms with Crippen LogP contribution in [0.25, 0.3) is 0 Å². The third-order valence-corrected chi connectivity index (χ3v) is 3.62. The van der Waals surface area contributed by atoms with Crippen LogP contribution in [0.3, 0.4) is 0 Å². The Morgan fingerprint density at radius 3 is 2.50 bits per heavy atom. The number of ether oxygens (including phenoxy) is 1. The molecule has 16 heavy (non-hydrogen) atoms. The molecule has 1 aliphatic heterocycles. The number of halogens is 2. The smallest absolute Gasteiger partial charge is 0.130 e. The first-order valence-corrected chi connectivity index (χ1v) is 5.82. The van der Waals surface area contributed by atoms with Gasteiger partial charge in [0.2, 0.25) is 0 Å². The number of hydrogen-bond donors (Lipinski definition) is 0. The average Bonchev–Trinajstić information content (AvgIpc) is 2.16. The van der Waals surface area contributed by atoms with Crippen LogP contribution in [0, 0.1) is 0 Å². The fourth-order valence-corrected chi connectivity index (χ4v) is 2.32. The van der Waals surface area contributed by atoms with Crippen molar-refractivity contribution in [2.75, 3.05) is 13.2 Å². The van der Waals surface area contributed by atoms with Crippen molar-refractivity contribution in [3.05, 3.63) is 33.8 Å². The minimum absolute atomic E-state index is 0.161. The van der Waals surface area contributed by atoms with E-state index in [1.165, 1.54) is 0 Å². The van der Waals surface area contributed by atoms with Gasteiger partial charge in [0.15, 0.2) is 0 Å². The van der Waals surface area contributed by atoms with Crippen molar-refractivity contribution in [1.29, 1.82) is 0 Å². The van der Waals surface area contributed by atoms with Crippen molar-refractivity contribution >= 4 is 29.0 Å². The molecule has 4 heteroatoms. The summed E-state index contributed by atoms with van der Waals surface area (Å²) >= 11 is 11.8. The zero-order valence-electron chi connectivity index (χ0n) is 8.93. The first-order chi connectivity index (χ1) is 7.53. The molecule has 0 radical (unpaired) electrons. The van der Waals surface area contributed by atoms with Gasteiger partial charge in [0.25, 0.3) is 0 Å². The Labute approximate surface area is 104 Å². The maximum atomic E-state index is 11.3. The number of ketones is 1. The van der Waals surface area contributed by atoms with E-state index < -0.39 is 0 Å². The molecule has 0 amide bonds. The second-order valence-corrected chi connectivity index (χ2v) is 5.10. The molecular formula is C12H12Cl2O2. The van der Waals surface area contributed by atoms with Crippen LogP contribution in [0.2, 0.25) is 10.0 Å². The van der Waals surface area contributed by atoms with Crippen molar-refractivity contribution in [2.45, 2.75) is 18.8 Å². The van der Waals surface area contributed by atoms with Gasteiger partial charge in [-0.3, -0.25) is 4.79 Å². The largest absolute Gasteiger partial charge is 0.379 e. The average molecular weight is 259 g/mol. The number of carbonyl (C=O) groups is 1. The van der Waals surface area contributed by atoms with Gasteiger partial charge >= 0.3 is 0 Å². The van der Waals surface area contributed by atoms with Crippen LogP contribution < -0.4 is 0 Å². The SMILES string of the molecule is CC(=O)CC1(c2ccc(Cl)c(Cl)c2)COC1. The lowest BCUT2D eigenvalue weighted by molar-refractivity contribution is -0.125. The molecule has 0 unspecified atom stereocenters. The van der Waals surface area contributed by atoms with E-state index in [2.05, 4.69) is 0 Å². The Bertz CT molecular complexity index is 425. The lowest BCUT2D eigenvalue weighted by Gasteiger charge is -2.41. The monoisotopic (exact) mass is 258 g/mol. The molecule has 1 aliphatic rings. The molecule has 86 valence electrons. The molecule has 0 saturated carbocycles. The van der Waals surface area contributed by atoms with Gasteiger partial charge in [0, 0.05) is 11.8 Å². The fourth-order valence-electron chi connectivity index (χ4n) is 2.02. The van der Waals surface area contributed by atoms with Crippen LogP contribution in [-0.4, -0.2) is 19.0 Å².